The van der Waals surface area contributed by atoms with Crippen LogP contribution in [0.2, 0.25) is 0 Å². The average molecular weight is 797 g/mol. The Morgan fingerprint density at radius 1 is 0.879 bits per heavy atom. The number of aliphatic imine (C=N–C) groups is 1. The summed E-state index contributed by atoms with van der Waals surface area (Å²) in [6, 6.07) is 13.2. The van der Waals surface area contributed by atoms with Crippen molar-refractivity contribution in [1.82, 2.24) is 14.8 Å². The minimum Gasteiger partial charge on any atom is -0.504 e. The molecular formula is C46H60N4O8. The van der Waals surface area contributed by atoms with Crippen molar-refractivity contribution in [3.05, 3.63) is 82.5 Å². The molecule has 0 unspecified atom stereocenters. The molecule has 2 N–H and O–H groups in total. The van der Waals surface area contributed by atoms with Gasteiger partial charge in [0.15, 0.2) is 0 Å². The molecule has 3 saturated heterocycles. The minimum atomic E-state index is -0.885. The molecule has 0 saturated carbocycles. The van der Waals surface area contributed by atoms with Gasteiger partial charge in [-0.3, -0.25) is 14.8 Å². The summed E-state index contributed by atoms with van der Waals surface area (Å²) in [7, 11) is 5.24. The topological polar surface area (TPSA) is 151 Å². The SMILES string of the molecule is CC[C@@H]1CN2CC[C@@]3(O)C(=Nc4cccc(C)c43)[C@@H]2C[C@@H]1/C(C)=C/OC.CC[C@@H]1CN2CCc3c([nH]c4cccc(OC)c34)[C@@H]2C[C@@H]1/C(C)=C/OC.O=C=O.O=C=O. The number of piperidine rings is 3. The van der Waals surface area contributed by atoms with E-state index in [2.05, 4.69) is 73.7 Å². The van der Waals surface area contributed by atoms with Gasteiger partial charge in [-0.25, -0.2) is 0 Å². The first-order chi connectivity index (χ1) is 28.0. The molecule has 5 aliphatic rings. The third-order valence-electron chi connectivity index (χ3n) is 13.3. The maximum atomic E-state index is 11.6. The number of rotatable bonds is 7. The second kappa shape index (κ2) is 19.7. The summed E-state index contributed by atoms with van der Waals surface area (Å²) in [6.07, 6.45) is 10.7. The number of methoxy groups -OCH3 is 3. The van der Waals surface area contributed by atoms with Gasteiger partial charge < -0.3 is 24.3 Å². The number of aliphatic hydroxyl groups is 1. The van der Waals surface area contributed by atoms with Crippen LogP contribution in [0.1, 0.15) is 88.2 Å². The number of hydrogen-bond acceptors (Lipinski definition) is 11. The Morgan fingerprint density at radius 2 is 1.45 bits per heavy atom. The normalized spacial score (nSPS) is 27.4. The van der Waals surface area contributed by atoms with Crippen molar-refractivity contribution in [2.45, 2.75) is 90.8 Å². The van der Waals surface area contributed by atoms with E-state index in [9.17, 15) is 5.11 Å². The van der Waals surface area contributed by atoms with Crippen LogP contribution in [0.25, 0.3) is 10.9 Å². The summed E-state index contributed by atoms with van der Waals surface area (Å²) in [5.74, 6) is 3.40. The van der Waals surface area contributed by atoms with Crippen molar-refractivity contribution in [2.24, 2.45) is 28.7 Å². The number of H-pyrrole nitrogens is 1. The third-order valence-corrected chi connectivity index (χ3v) is 13.3. The maximum Gasteiger partial charge on any atom is 0.373 e. The molecule has 312 valence electrons. The predicted octanol–water partition coefficient (Wildman–Crippen LogP) is 7.44. The lowest BCUT2D eigenvalue weighted by Gasteiger charge is -2.50. The largest absolute Gasteiger partial charge is 0.504 e. The predicted molar refractivity (Wildman–Crippen MR) is 220 cm³/mol. The number of allylic oxidation sites excluding steroid dienone is 2. The molecule has 0 spiro atoms. The standard InChI is InChI=1S/2C22H30N2O2.2CO2/c1-5-15-12-24-10-9-16-21-18(7-6-8-20(21)26-4)23-22(16)19(24)11-17(15)14(2)13-25-3;1-5-16-12-24-10-9-22(25)20-14(2)7-6-8-18(20)23-21(22)19(24)11-17(16)15(3)13-26-4;2*2-1-3/h6-8,13,15,17,19,23H,5,9-12H2,1-4H3;6-8,13,16-17,19,25H,5,9-12H2,1-4H3;;/b14-13+;15-13+;;/t15-,17-,19+;16-,17-,19+,22+;;/m11../s1. The highest BCUT2D eigenvalue weighted by Gasteiger charge is 2.53. The number of carbonyl (C=O) groups excluding carboxylic acids is 4. The second-order valence-electron chi connectivity index (χ2n) is 16.1. The molecule has 8 rings (SSSR count). The van der Waals surface area contributed by atoms with E-state index in [1.54, 1.807) is 21.3 Å². The summed E-state index contributed by atoms with van der Waals surface area (Å²) in [5, 5.41) is 12.9. The molecule has 12 heteroatoms. The molecular weight excluding hydrogens is 737 g/mol. The van der Waals surface area contributed by atoms with Gasteiger partial charge in [-0.2, -0.15) is 19.2 Å². The number of aryl methyl sites for hydroxylation is 1. The molecule has 3 fully saturated rings. The summed E-state index contributed by atoms with van der Waals surface area (Å²) in [6.45, 7) is 15.4. The molecule has 12 nitrogen and oxygen atoms in total. The summed E-state index contributed by atoms with van der Waals surface area (Å²) in [5.41, 5.74) is 9.97. The molecule has 0 amide bonds. The summed E-state index contributed by atoms with van der Waals surface area (Å²) >= 11 is 0. The second-order valence-corrected chi connectivity index (χ2v) is 16.1. The van der Waals surface area contributed by atoms with Crippen LogP contribution in [0.5, 0.6) is 5.75 Å². The number of benzene rings is 2. The quantitative estimate of drug-likeness (QED) is 0.231. The fourth-order valence-corrected chi connectivity index (χ4v) is 10.7. The molecule has 5 aliphatic heterocycles. The van der Waals surface area contributed by atoms with Crippen molar-refractivity contribution in [2.75, 3.05) is 47.5 Å². The lowest BCUT2D eigenvalue weighted by Crippen LogP contribution is -2.60. The fourth-order valence-electron chi connectivity index (χ4n) is 10.7. The number of hydrogen-bond donors (Lipinski definition) is 2. The van der Waals surface area contributed by atoms with Crippen molar-refractivity contribution in [1.29, 1.82) is 0 Å². The van der Waals surface area contributed by atoms with E-state index < -0.39 is 5.60 Å². The average Bonchev–Trinajstić information content (AvgIpc) is 3.77. The zero-order valence-corrected chi connectivity index (χ0v) is 35.3. The number of nitrogens with one attached hydrogen (secondary N) is 1. The van der Waals surface area contributed by atoms with Gasteiger partial charge in [0, 0.05) is 48.3 Å². The maximum absolute atomic E-state index is 11.6. The molecule has 0 radical (unpaired) electrons. The van der Waals surface area contributed by atoms with Crippen LogP contribution in [0.15, 0.2) is 65.1 Å². The minimum absolute atomic E-state index is 0.216. The number of aromatic nitrogens is 1. The monoisotopic (exact) mass is 796 g/mol. The molecule has 58 heavy (non-hydrogen) atoms. The van der Waals surface area contributed by atoms with Crippen molar-refractivity contribution < 1.29 is 38.5 Å². The highest BCUT2D eigenvalue weighted by molar-refractivity contribution is 6.05. The van der Waals surface area contributed by atoms with E-state index in [4.69, 9.17) is 38.4 Å². The Balaban J connectivity index is 0.000000195. The fraction of sp³-hybridized carbons (Fsp3) is 0.543. The summed E-state index contributed by atoms with van der Waals surface area (Å²) in [4.78, 5) is 46.4. The number of ether oxygens (including phenoxy) is 3. The lowest BCUT2D eigenvalue weighted by atomic mass is 9.70. The Morgan fingerprint density at radius 3 is 2.02 bits per heavy atom. The zero-order chi connectivity index (χ0) is 42.1. The molecule has 6 heterocycles. The smallest absolute Gasteiger partial charge is 0.373 e. The van der Waals surface area contributed by atoms with Crippen LogP contribution in [0.4, 0.5) is 5.69 Å². The first kappa shape index (κ1) is 44.3. The number of fused-ring (bicyclic) bond motifs is 10. The molecule has 3 aromatic rings. The Labute approximate surface area is 342 Å². The van der Waals surface area contributed by atoms with E-state index in [1.807, 2.05) is 24.7 Å². The molecule has 2 aromatic carbocycles. The highest BCUT2D eigenvalue weighted by Crippen LogP contribution is 2.50. The van der Waals surface area contributed by atoms with Gasteiger partial charge in [0.2, 0.25) is 0 Å². The van der Waals surface area contributed by atoms with Gasteiger partial charge in [0.1, 0.15) is 11.4 Å². The van der Waals surface area contributed by atoms with Crippen molar-refractivity contribution in [3.63, 3.8) is 0 Å². The third kappa shape index (κ3) is 8.63. The Hall–Kier alpha value is -4.83. The first-order valence-corrected chi connectivity index (χ1v) is 20.4. The molecule has 1 aromatic heterocycles. The first-order valence-electron chi connectivity index (χ1n) is 20.4. The van der Waals surface area contributed by atoms with E-state index in [0.29, 0.717) is 29.7 Å². The molecule has 0 bridgehead atoms. The molecule has 7 atom stereocenters. The van der Waals surface area contributed by atoms with Crippen molar-refractivity contribution >= 4 is 34.6 Å². The van der Waals surface area contributed by atoms with Crippen LogP contribution in [-0.4, -0.2) is 91.5 Å². The van der Waals surface area contributed by atoms with E-state index in [0.717, 1.165) is 73.6 Å². The Kier molecular flexibility index (Phi) is 15.1. The zero-order valence-electron chi connectivity index (χ0n) is 35.3. The van der Waals surface area contributed by atoms with Gasteiger partial charge in [-0.05, 0) is 111 Å². The highest BCUT2D eigenvalue weighted by atomic mass is 16.5. The summed E-state index contributed by atoms with van der Waals surface area (Å²) < 4.78 is 16.3. The van der Waals surface area contributed by atoms with E-state index in [1.165, 1.54) is 52.7 Å². The van der Waals surface area contributed by atoms with Gasteiger partial charge in [0.25, 0.3) is 0 Å². The Bertz CT molecular complexity index is 2050. The van der Waals surface area contributed by atoms with Gasteiger partial charge in [-0.15, -0.1) is 0 Å². The van der Waals surface area contributed by atoms with Crippen LogP contribution >= 0.6 is 0 Å². The number of nitrogens with zero attached hydrogens (tertiary/aromatic N) is 3. The van der Waals surface area contributed by atoms with E-state index >= 15 is 0 Å². The molecule has 0 aliphatic carbocycles. The van der Waals surface area contributed by atoms with Crippen LogP contribution in [0, 0.1) is 30.6 Å². The van der Waals surface area contributed by atoms with Crippen LogP contribution < -0.4 is 4.74 Å². The van der Waals surface area contributed by atoms with Crippen LogP contribution in [-0.2, 0) is 40.7 Å². The van der Waals surface area contributed by atoms with Gasteiger partial charge >= 0.3 is 12.3 Å². The van der Waals surface area contributed by atoms with E-state index in [-0.39, 0.29) is 18.3 Å². The van der Waals surface area contributed by atoms with Gasteiger partial charge in [-0.1, -0.05) is 44.9 Å². The van der Waals surface area contributed by atoms with Gasteiger partial charge in [0.05, 0.1) is 57.3 Å². The lowest BCUT2D eigenvalue weighted by molar-refractivity contribution is -0.193. The van der Waals surface area contributed by atoms with Crippen molar-refractivity contribution in [3.8, 4) is 5.75 Å². The number of aromatic amines is 1. The van der Waals surface area contributed by atoms with Crippen LogP contribution in [0.3, 0.4) is 0 Å².